The van der Waals surface area contributed by atoms with Crippen molar-refractivity contribution < 1.29 is 19.7 Å². The zero-order chi connectivity index (χ0) is 28.4. The maximum absolute atomic E-state index is 12.5. The number of hydrogen-bond donors (Lipinski definition) is 2. The number of fused-ring (bicyclic) bond motifs is 5. The van der Waals surface area contributed by atoms with E-state index < -0.39 is 16.8 Å². The second kappa shape index (κ2) is 10.0. The molecule has 4 aliphatic carbocycles. The minimum atomic E-state index is -0.662. The van der Waals surface area contributed by atoms with E-state index in [0.29, 0.717) is 37.3 Å². The standard InChI is InChI=1S/C34H57NO4/c1-23(12-15-34(38)18-20-35(21-19-34)29(36)39-30(2,3)4)26-10-11-27-25-9-8-24-22-31(5,37)16-17-32(24,6)28(25)13-14-33(26,27)7/h8,23,25-28,37-38H,9-22H2,1-7H3/t23-,25+,26-,27+,28+,31+,32+,33-/m1/s1. The number of likely N-dealkylation sites (tertiary alicyclic amines) is 1. The molecule has 0 unspecified atom stereocenters. The van der Waals surface area contributed by atoms with Gasteiger partial charge in [-0.3, -0.25) is 0 Å². The number of amides is 1. The van der Waals surface area contributed by atoms with E-state index in [1.54, 1.807) is 10.5 Å². The minimum Gasteiger partial charge on any atom is -0.444 e. The lowest BCUT2D eigenvalue weighted by atomic mass is 9.46. The molecule has 1 amide bonds. The Hall–Kier alpha value is -1.07. The Balaban J connectivity index is 1.18. The van der Waals surface area contributed by atoms with Crippen LogP contribution >= 0.6 is 0 Å². The fraction of sp³-hybridized carbons (Fsp3) is 0.912. The average Bonchev–Trinajstić information content (AvgIpc) is 3.19. The third-order valence-electron chi connectivity index (χ3n) is 12.6. The van der Waals surface area contributed by atoms with Gasteiger partial charge < -0.3 is 19.8 Å². The molecule has 8 atom stereocenters. The largest absolute Gasteiger partial charge is 0.444 e. The van der Waals surface area contributed by atoms with Crippen molar-refractivity contribution in [2.24, 2.45) is 40.4 Å². The normalized spacial score (nSPS) is 42.6. The van der Waals surface area contributed by atoms with Crippen LogP contribution in [0.25, 0.3) is 0 Å². The van der Waals surface area contributed by atoms with Gasteiger partial charge in [-0.25, -0.2) is 4.79 Å². The highest BCUT2D eigenvalue weighted by Gasteiger charge is 2.59. The summed E-state index contributed by atoms with van der Waals surface area (Å²) in [5.74, 6) is 3.72. The highest BCUT2D eigenvalue weighted by atomic mass is 16.6. The Morgan fingerprint density at radius 2 is 1.72 bits per heavy atom. The zero-order valence-corrected chi connectivity index (χ0v) is 26.0. The molecular weight excluding hydrogens is 486 g/mol. The Kier molecular flexibility index (Phi) is 7.57. The molecule has 0 aromatic heterocycles. The van der Waals surface area contributed by atoms with E-state index in [1.807, 2.05) is 27.7 Å². The fourth-order valence-electron chi connectivity index (χ4n) is 10.2. The zero-order valence-electron chi connectivity index (χ0n) is 26.0. The summed E-state index contributed by atoms with van der Waals surface area (Å²) >= 11 is 0. The molecule has 0 radical (unpaired) electrons. The van der Waals surface area contributed by atoms with Gasteiger partial charge >= 0.3 is 6.09 Å². The monoisotopic (exact) mass is 543 g/mol. The van der Waals surface area contributed by atoms with Gasteiger partial charge in [-0.15, -0.1) is 0 Å². The van der Waals surface area contributed by atoms with E-state index in [9.17, 15) is 15.0 Å². The molecule has 5 rings (SSSR count). The maximum atomic E-state index is 12.5. The topological polar surface area (TPSA) is 70.0 Å². The van der Waals surface area contributed by atoms with Gasteiger partial charge in [0.2, 0.25) is 0 Å². The summed E-state index contributed by atoms with van der Waals surface area (Å²) in [5.41, 5.74) is 0.576. The van der Waals surface area contributed by atoms with Gasteiger partial charge in [0.15, 0.2) is 0 Å². The Labute approximate surface area is 238 Å². The van der Waals surface area contributed by atoms with Crippen molar-refractivity contribution in [3.8, 4) is 0 Å². The quantitative estimate of drug-likeness (QED) is 0.360. The molecular formula is C34H57NO4. The summed E-state index contributed by atoms with van der Waals surface area (Å²) in [4.78, 5) is 14.2. The molecule has 1 heterocycles. The van der Waals surface area contributed by atoms with Crippen LogP contribution in [0.5, 0.6) is 0 Å². The number of carbonyl (C=O) groups is 1. The molecule has 39 heavy (non-hydrogen) atoms. The molecule has 1 aliphatic heterocycles. The summed E-state index contributed by atoms with van der Waals surface area (Å²) in [7, 11) is 0. The summed E-state index contributed by atoms with van der Waals surface area (Å²) in [6.07, 6.45) is 15.0. The molecule has 0 spiro atoms. The van der Waals surface area contributed by atoms with Gasteiger partial charge in [0, 0.05) is 13.1 Å². The van der Waals surface area contributed by atoms with Crippen LogP contribution in [-0.2, 0) is 4.74 Å². The van der Waals surface area contributed by atoms with Crippen LogP contribution in [0.4, 0.5) is 4.79 Å². The number of carbonyl (C=O) groups excluding carboxylic acids is 1. The first-order chi connectivity index (χ1) is 18.1. The molecule has 0 aromatic carbocycles. The van der Waals surface area contributed by atoms with Crippen molar-refractivity contribution in [1.29, 1.82) is 0 Å². The summed E-state index contributed by atoms with van der Waals surface area (Å²) in [6.45, 7) is 16.5. The smallest absolute Gasteiger partial charge is 0.410 e. The van der Waals surface area contributed by atoms with Crippen molar-refractivity contribution in [3.63, 3.8) is 0 Å². The molecule has 1 saturated heterocycles. The fourth-order valence-corrected chi connectivity index (χ4v) is 10.2. The lowest BCUT2D eigenvalue weighted by molar-refractivity contribution is -0.0731. The highest BCUT2D eigenvalue weighted by molar-refractivity contribution is 5.68. The predicted molar refractivity (Wildman–Crippen MR) is 156 cm³/mol. The molecule has 0 bridgehead atoms. The van der Waals surface area contributed by atoms with Gasteiger partial charge in [0.05, 0.1) is 11.2 Å². The van der Waals surface area contributed by atoms with Gasteiger partial charge in [-0.2, -0.15) is 0 Å². The van der Waals surface area contributed by atoms with Gasteiger partial charge in [-0.1, -0.05) is 32.4 Å². The van der Waals surface area contributed by atoms with Gasteiger partial charge in [0.25, 0.3) is 0 Å². The molecule has 0 aromatic rings. The number of hydrogen-bond acceptors (Lipinski definition) is 4. The average molecular weight is 544 g/mol. The third kappa shape index (κ3) is 5.57. The molecule has 4 fully saturated rings. The first-order valence-electron chi connectivity index (χ1n) is 16.2. The lowest BCUT2D eigenvalue weighted by Gasteiger charge is -2.59. The maximum Gasteiger partial charge on any atom is 0.410 e. The van der Waals surface area contributed by atoms with Crippen LogP contribution in [0.3, 0.4) is 0 Å². The van der Waals surface area contributed by atoms with Crippen LogP contribution in [0.1, 0.15) is 126 Å². The lowest BCUT2D eigenvalue weighted by Crippen LogP contribution is -2.52. The van der Waals surface area contributed by atoms with Gasteiger partial charge in [0.1, 0.15) is 5.60 Å². The van der Waals surface area contributed by atoms with Crippen LogP contribution in [-0.4, -0.2) is 51.1 Å². The van der Waals surface area contributed by atoms with Crippen molar-refractivity contribution in [1.82, 2.24) is 4.90 Å². The molecule has 222 valence electrons. The molecule has 5 nitrogen and oxygen atoms in total. The van der Waals surface area contributed by atoms with Crippen molar-refractivity contribution >= 4 is 6.09 Å². The second-order valence-corrected chi connectivity index (χ2v) is 16.4. The Bertz CT molecular complexity index is 957. The van der Waals surface area contributed by atoms with E-state index in [-0.39, 0.29) is 11.5 Å². The number of aliphatic hydroxyl groups is 2. The molecule has 2 N–H and O–H groups in total. The number of piperidine rings is 1. The summed E-state index contributed by atoms with van der Waals surface area (Å²) in [5, 5.41) is 22.2. The third-order valence-corrected chi connectivity index (χ3v) is 12.6. The number of allylic oxidation sites excluding steroid dienone is 1. The first-order valence-corrected chi connectivity index (χ1v) is 16.2. The van der Waals surface area contributed by atoms with E-state index in [2.05, 4.69) is 26.8 Å². The molecule has 5 aliphatic rings. The summed E-state index contributed by atoms with van der Waals surface area (Å²) in [6, 6.07) is 0. The van der Waals surface area contributed by atoms with Crippen molar-refractivity contribution in [2.45, 2.75) is 142 Å². The Morgan fingerprint density at radius 3 is 2.38 bits per heavy atom. The Morgan fingerprint density at radius 1 is 1.03 bits per heavy atom. The minimum absolute atomic E-state index is 0.254. The van der Waals surface area contributed by atoms with Gasteiger partial charge in [-0.05, 0) is 145 Å². The first kappa shape index (κ1) is 29.4. The number of nitrogens with zero attached hydrogens (tertiary/aromatic N) is 1. The van der Waals surface area contributed by atoms with E-state index in [0.717, 1.165) is 55.8 Å². The highest BCUT2D eigenvalue weighted by Crippen LogP contribution is 2.67. The predicted octanol–water partition coefficient (Wildman–Crippen LogP) is 7.49. The van der Waals surface area contributed by atoms with Crippen LogP contribution in [0.2, 0.25) is 0 Å². The van der Waals surface area contributed by atoms with E-state index >= 15 is 0 Å². The van der Waals surface area contributed by atoms with E-state index in [4.69, 9.17) is 4.74 Å². The van der Waals surface area contributed by atoms with Crippen LogP contribution in [0.15, 0.2) is 11.6 Å². The number of ether oxygens (including phenoxy) is 1. The molecule has 5 heteroatoms. The molecule has 3 saturated carbocycles. The van der Waals surface area contributed by atoms with Crippen LogP contribution in [0, 0.1) is 40.4 Å². The SMILES string of the molecule is C[C@H](CCC1(O)CCN(C(=O)OC(C)(C)C)CC1)[C@H]1CC[C@H]2[C@@H]3CC=C4C[C@@](C)(O)CC[C@]4(C)[C@H]3CC[C@]12C. The van der Waals surface area contributed by atoms with Crippen molar-refractivity contribution in [2.75, 3.05) is 13.1 Å². The second-order valence-electron chi connectivity index (χ2n) is 16.4. The summed E-state index contributed by atoms with van der Waals surface area (Å²) < 4.78 is 5.55. The van der Waals surface area contributed by atoms with E-state index in [1.165, 1.54) is 32.1 Å². The number of rotatable bonds is 4. The van der Waals surface area contributed by atoms with Crippen LogP contribution < -0.4 is 0 Å². The van der Waals surface area contributed by atoms with Crippen molar-refractivity contribution in [3.05, 3.63) is 11.6 Å².